The zero-order chi connectivity index (χ0) is 14.5. The van der Waals surface area contributed by atoms with E-state index < -0.39 is 0 Å². The number of nitrogens with one attached hydrogen (secondary N) is 1. The van der Waals surface area contributed by atoms with Crippen LogP contribution in [0.3, 0.4) is 0 Å². The van der Waals surface area contributed by atoms with Gasteiger partial charge in [-0.25, -0.2) is 0 Å². The van der Waals surface area contributed by atoms with E-state index in [1.54, 1.807) is 0 Å². The van der Waals surface area contributed by atoms with E-state index in [4.69, 9.17) is 4.99 Å². The summed E-state index contributed by atoms with van der Waals surface area (Å²) in [5.41, 5.74) is 1.27. The van der Waals surface area contributed by atoms with Crippen LogP contribution in [0.5, 0.6) is 0 Å². The average molecular weight is 341 g/mol. The lowest BCUT2D eigenvalue weighted by Gasteiger charge is -2.22. The fourth-order valence-electron chi connectivity index (χ4n) is 2.27. The second-order valence-electron chi connectivity index (χ2n) is 5.58. The molecule has 0 unspecified atom stereocenters. The Balaban J connectivity index is 1.94. The van der Waals surface area contributed by atoms with Crippen LogP contribution in [0.25, 0.3) is 0 Å². The van der Waals surface area contributed by atoms with Gasteiger partial charge in [0.15, 0.2) is 5.96 Å². The Bertz CT molecular complexity index is 462. The number of guanidine groups is 1. The van der Waals surface area contributed by atoms with Gasteiger partial charge in [0.05, 0.1) is 6.54 Å². The van der Waals surface area contributed by atoms with Crippen LogP contribution in [-0.4, -0.2) is 35.6 Å². The fourth-order valence-corrected chi connectivity index (χ4v) is 2.84. The van der Waals surface area contributed by atoms with Crippen LogP contribution in [0.2, 0.25) is 0 Å². The molecule has 0 amide bonds. The van der Waals surface area contributed by atoms with E-state index in [0.29, 0.717) is 0 Å². The molecule has 0 spiro atoms. The van der Waals surface area contributed by atoms with Crippen LogP contribution in [-0.2, 0) is 13.6 Å². The van der Waals surface area contributed by atoms with Crippen LogP contribution >= 0.6 is 15.9 Å². The standard InChI is InChI=1S/C15H25BrN4/c1-4-17-15(18-8-7-12-5-6-12)20(3)11-14-9-13(16)10-19(14)2/h9-10,12H,4-8,11H2,1-3H3,(H,17,18). The summed E-state index contributed by atoms with van der Waals surface area (Å²) in [6.07, 6.45) is 6.12. The minimum absolute atomic E-state index is 0.858. The van der Waals surface area contributed by atoms with Crippen LogP contribution in [0.15, 0.2) is 21.7 Å². The Morgan fingerprint density at radius 1 is 1.55 bits per heavy atom. The fraction of sp³-hybridized carbons (Fsp3) is 0.667. The number of aryl methyl sites for hydroxylation is 1. The number of hydrogen-bond donors (Lipinski definition) is 1. The summed E-state index contributed by atoms with van der Waals surface area (Å²) >= 11 is 3.52. The Kier molecular flexibility index (Phi) is 5.52. The molecule has 4 nitrogen and oxygen atoms in total. The van der Waals surface area contributed by atoms with Gasteiger partial charge in [0.2, 0.25) is 0 Å². The molecule has 1 aromatic rings. The largest absolute Gasteiger partial charge is 0.357 e. The van der Waals surface area contributed by atoms with Gasteiger partial charge in [-0.1, -0.05) is 12.8 Å². The molecule has 20 heavy (non-hydrogen) atoms. The van der Waals surface area contributed by atoms with E-state index in [-0.39, 0.29) is 0 Å². The van der Waals surface area contributed by atoms with Crippen molar-refractivity contribution < 1.29 is 0 Å². The molecule has 0 aromatic carbocycles. The van der Waals surface area contributed by atoms with Gasteiger partial charge in [0.1, 0.15) is 0 Å². The molecule has 1 saturated carbocycles. The van der Waals surface area contributed by atoms with E-state index in [0.717, 1.165) is 36.0 Å². The monoisotopic (exact) mass is 340 g/mol. The lowest BCUT2D eigenvalue weighted by Crippen LogP contribution is -2.38. The first-order chi connectivity index (χ1) is 9.60. The molecule has 1 aliphatic rings. The minimum Gasteiger partial charge on any atom is -0.357 e. The zero-order valence-corrected chi connectivity index (χ0v) is 14.3. The summed E-state index contributed by atoms with van der Waals surface area (Å²) in [5.74, 6) is 1.95. The maximum Gasteiger partial charge on any atom is 0.194 e. The van der Waals surface area contributed by atoms with Crippen molar-refractivity contribution in [2.24, 2.45) is 18.0 Å². The topological polar surface area (TPSA) is 32.6 Å². The van der Waals surface area contributed by atoms with Crippen molar-refractivity contribution in [3.63, 3.8) is 0 Å². The quantitative estimate of drug-likeness (QED) is 0.637. The zero-order valence-electron chi connectivity index (χ0n) is 12.7. The lowest BCUT2D eigenvalue weighted by molar-refractivity contribution is 0.461. The third-order valence-corrected chi connectivity index (χ3v) is 4.10. The average Bonchev–Trinajstić information content (AvgIpc) is 3.15. The molecular weight excluding hydrogens is 316 g/mol. The van der Waals surface area contributed by atoms with Gasteiger partial charge in [-0.05, 0) is 41.3 Å². The summed E-state index contributed by atoms with van der Waals surface area (Å²) < 4.78 is 3.27. The molecule has 1 heterocycles. The van der Waals surface area contributed by atoms with E-state index >= 15 is 0 Å². The van der Waals surface area contributed by atoms with Gasteiger partial charge in [0, 0.05) is 43.5 Å². The molecule has 112 valence electrons. The lowest BCUT2D eigenvalue weighted by atomic mass is 10.3. The smallest absolute Gasteiger partial charge is 0.194 e. The molecule has 0 bridgehead atoms. The van der Waals surface area contributed by atoms with Gasteiger partial charge in [-0.2, -0.15) is 0 Å². The van der Waals surface area contributed by atoms with Crippen molar-refractivity contribution in [1.82, 2.24) is 14.8 Å². The Morgan fingerprint density at radius 2 is 2.30 bits per heavy atom. The molecule has 2 rings (SSSR count). The van der Waals surface area contributed by atoms with Gasteiger partial charge in [-0.15, -0.1) is 0 Å². The van der Waals surface area contributed by atoms with E-state index in [1.165, 1.54) is 25.0 Å². The molecule has 5 heteroatoms. The van der Waals surface area contributed by atoms with Gasteiger partial charge in [0.25, 0.3) is 0 Å². The first-order valence-corrected chi connectivity index (χ1v) is 8.19. The van der Waals surface area contributed by atoms with Gasteiger partial charge >= 0.3 is 0 Å². The maximum absolute atomic E-state index is 4.74. The summed E-state index contributed by atoms with van der Waals surface area (Å²) in [5, 5.41) is 3.38. The summed E-state index contributed by atoms with van der Waals surface area (Å²) in [4.78, 5) is 6.93. The van der Waals surface area contributed by atoms with Crippen LogP contribution in [0.1, 0.15) is 31.9 Å². The van der Waals surface area contributed by atoms with E-state index in [9.17, 15) is 0 Å². The van der Waals surface area contributed by atoms with Gasteiger partial charge < -0.3 is 14.8 Å². The first-order valence-electron chi connectivity index (χ1n) is 7.40. The van der Waals surface area contributed by atoms with Gasteiger partial charge in [-0.3, -0.25) is 4.99 Å². The molecular formula is C15H25BrN4. The molecule has 0 aliphatic heterocycles. The van der Waals surface area contributed by atoms with Crippen molar-refractivity contribution in [1.29, 1.82) is 0 Å². The highest BCUT2D eigenvalue weighted by atomic mass is 79.9. The van der Waals surface area contributed by atoms with E-state index in [1.807, 2.05) is 0 Å². The molecule has 1 fully saturated rings. The van der Waals surface area contributed by atoms with Crippen molar-refractivity contribution in [2.75, 3.05) is 20.1 Å². The van der Waals surface area contributed by atoms with Crippen molar-refractivity contribution in [2.45, 2.75) is 32.7 Å². The molecule has 0 radical (unpaired) electrons. The maximum atomic E-state index is 4.74. The Morgan fingerprint density at radius 3 is 2.85 bits per heavy atom. The summed E-state index contributed by atoms with van der Waals surface area (Å²) in [6, 6.07) is 2.16. The second-order valence-corrected chi connectivity index (χ2v) is 6.50. The van der Waals surface area contributed by atoms with Crippen LogP contribution < -0.4 is 5.32 Å². The Hall–Kier alpha value is -0.970. The molecule has 1 aliphatic carbocycles. The normalized spacial score (nSPS) is 15.5. The molecule has 0 saturated heterocycles. The number of nitrogens with zero attached hydrogens (tertiary/aromatic N) is 3. The number of aliphatic imine (C=N–C) groups is 1. The first kappa shape index (κ1) is 15.4. The van der Waals surface area contributed by atoms with Crippen molar-refractivity contribution in [3.05, 3.63) is 22.4 Å². The number of aromatic nitrogens is 1. The molecule has 0 atom stereocenters. The number of hydrogen-bond acceptors (Lipinski definition) is 1. The molecule has 1 aromatic heterocycles. The van der Waals surface area contributed by atoms with E-state index in [2.05, 4.69) is 64.0 Å². The highest BCUT2D eigenvalue weighted by Crippen LogP contribution is 2.32. The number of halogens is 1. The highest BCUT2D eigenvalue weighted by Gasteiger charge is 2.20. The predicted molar refractivity (Wildman–Crippen MR) is 87.9 cm³/mol. The third kappa shape index (κ3) is 4.54. The van der Waals surface area contributed by atoms with Crippen LogP contribution in [0.4, 0.5) is 0 Å². The predicted octanol–water partition coefficient (Wildman–Crippen LogP) is 2.99. The number of rotatable bonds is 6. The summed E-state index contributed by atoms with van der Waals surface area (Å²) in [7, 11) is 4.17. The second kappa shape index (κ2) is 7.16. The summed E-state index contributed by atoms with van der Waals surface area (Å²) in [6.45, 7) is 4.82. The molecule has 1 N–H and O–H groups in total. The third-order valence-electron chi connectivity index (χ3n) is 3.67. The Labute approximate surface area is 130 Å². The van der Waals surface area contributed by atoms with Crippen molar-refractivity contribution >= 4 is 21.9 Å². The van der Waals surface area contributed by atoms with Crippen LogP contribution in [0, 0.1) is 5.92 Å². The minimum atomic E-state index is 0.858. The van der Waals surface area contributed by atoms with Crippen molar-refractivity contribution in [3.8, 4) is 0 Å². The SMILES string of the molecule is CCNC(=NCCC1CC1)N(C)Cc1cc(Br)cn1C. The highest BCUT2D eigenvalue weighted by molar-refractivity contribution is 9.10.